The van der Waals surface area contributed by atoms with Crippen molar-refractivity contribution in [2.75, 3.05) is 13.1 Å². The zero-order valence-corrected chi connectivity index (χ0v) is 10.3. The lowest BCUT2D eigenvalue weighted by Gasteiger charge is -2.30. The van der Waals surface area contributed by atoms with Crippen LogP contribution in [0.1, 0.15) is 32.1 Å². The topological polar surface area (TPSA) is 52.6 Å². The van der Waals surface area contributed by atoms with Crippen LogP contribution in [0.25, 0.3) is 0 Å². The van der Waals surface area contributed by atoms with Crippen LogP contribution in [0.3, 0.4) is 0 Å². The van der Waals surface area contributed by atoms with Crippen LogP contribution in [0.5, 0.6) is 0 Å². The molecule has 1 saturated carbocycles. The minimum atomic E-state index is -0.377. The molecule has 1 heterocycles. The molecule has 1 saturated heterocycles. The van der Waals surface area contributed by atoms with Gasteiger partial charge in [0.05, 0.1) is 12.1 Å². The van der Waals surface area contributed by atoms with Gasteiger partial charge >= 0.3 is 0 Å². The van der Waals surface area contributed by atoms with Crippen molar-refractivity contribution in [1.29, 1.82) is 0 Å². The number of aliphatic hydroxyl groups is 1. The Bertz CT molecular complexity index is 287. The molecule has 0 aromatic rings. The van der Waals surface area contributed by atoms with Crippen LogP contribution in [0, 0.1) is 0 Å². The number of nitrogens with one attached hydrogen (secondary N) is 1. The van der Waals surface area contributed by atoms with E-state index < -0.39 is 0 Å². The van der Waals surface area contributed by atoms with E-state index in [2.05, 4.69) is 11.9 Å². The average molecular weight is 238 g/mol. The van der Waals surface area contributed by atoms with Gasteiger partial charge in [0.1, 0.15) is 0 Å². The highest BCUT2D eigenvalue weighted by Crippen LogP contribution is 2.25. The van der Waals surface area contributed by atoms with E-state index in [1.807, 2.05) is 4.90 Å². The maximum Gasteiger partial charge on any atom is 0.240 e. The van der Waals surface area contributed by atoms with Crippen molar-refractivity contribution in [3.63, 3.8) is 0 Å². The fourth-order valence-corrected chi connectivity index (χ4v) is 2.88. The standard InChI is InChI=1S/C13H22N2O2/c1-2-7-15(10-5-3-4-6-10)13(17)12-8-11(16)9-14-12/h2,10-12,14,16H,1,3-9H2. The second-order valence-corrected chi connectivity index (χ2v) is 5.07. The van der Waals surface area contributed by atoms with E-state index in [-0.39, 0.29) is 18.1 Å². The van der Waals surface area contributed by atoms with Crippen molar-refractivity contribution in [2.24, 2.45) is 0 Å². The van der Waals surface area contributed by atoms with Gasteiger partial charge in [0, 0.05) is 19.1 Å². The second kappa shape index (κ2) is 5.65. The van der Waals surface area contributed by atoms with E-state index in [0.717, 1.165) is 12.8 Å². The number of carbonyl (C=O) groups excluding carboxylic acids is 1. The number of nitrogens with zero attached hydrogens (tertiary/aromatic N) is 1. The van der Waals surface area contributed by atoms with Gasteiger partial charge in [-0.25, -0.2) is 0 Å². The maximum absolute atomic E-state index is 12.4. The van der Waals surface area contributed by atoms with E-state index in [4.69, 9.17) is 0 Å². The summed E-state index contributed by atoms with van der Waals surface area (Å²) in [6, 6.07) is 0.172. The number of carbonyl (C=O) groups is 1. The Morgan fingerprint density at radius 2 is 2.18 bits per heavy atom. The molecule has 1 amide bonds. The monoisotopic (exact) mass is 238 g/mol. The third-order valence-corrected chi connectivity index (χ3v) is 3.78. The third-order valence-electron chi connectivity index (χ3n) is 3.78. The Labute approximate surface area is 103 Å². The molecule has 96 valence electrons. The number of β-amino-alcohol motifs (C(OH)–C–C–N with tert-alkyl or cyclic N) is 1. The van der Waals surface area contributed by atoms with E-state index in [9.17, 15) is 9.90 Å². The van der Waals surface area contributed by atoms with Crippen LogP contribution >= 0.6 is 0 Å². The SMILES string of the molecule is C=CCN(C(=O)C1CC(O)CN1)C1CCCC1. The quantitative estimate of drug-likeness (QED) is 0.708. The number of amides is 1. The molecule has 4 nitrogen and oxygen atoms in total. The van der Waals surface area contributed by atoms with Gasteiger partial charge in [0.25, 0.3) is 0 Å². The summed E-state index contributed by atoms with van der Waals surface area (Å²) in [6.45, 7) is 4.89. The lowest BCUT2D eigenvalue weighted by atomic mass is 10.1. The van der Waals surface area contributed by atoms with E-state index in [1.54, 1.807) is 6.08 Å². The maximum atomic E-state index is 12.4. The van der Waals surface area contributed by atoms with Crippen molar-refractivity contribution in [3.8, 4) is 0 Å². The molecule has 2 N–H and O–H groups in total. The highest BCUT2D eigenvalue weighted by Gasteiger charge is 2.34. The lowest BCUT2D eigenvalue weighted by Crippen LogP contribution is -2.47. The van der Waals surface area contributed by atoms with Crippen LogP contribution in [-0.2, 0) is 4.79 Å². The Balaban J connectivity index is 1.99. The molecule has 0 aromatic carbocycles. The van der Waals surface area contributed by atoms with Crippen LogP contribution in [0.4, 0.5) is 0 Å². The highest BCUT2D eigenvalue weighted by atomic mass is 16.3. The van der Waals surface area contributed by atoms with E-state index >= 15 is 0 Å². The van der Waals surface area contributed by atoms with Crippen molar-refractivity contribution in [1.82, 2.24) is 10.2 Å². The summed E-state index contributed by atoms with van der Waals surface area (Å²) in [5, 5.41) is 12.6. The first-order valence-corrected chi connectivity index (χ1v) is 6.55. The molecule has 0 aromatic heterocycles. The molecule has 2 aliphatic rings. The van der Waals surface area contributed by atoms with Gasteiger partial charge in [-0.05, 0) is 19.3 Å². The fraction of sp³-hybridized carbons (Fsp3) is 0.769. The van der Waals surface area contributed by atoms with Crippen LogP contribution in [-0.4, -0.2) is 47.2 Å². The van der Waals surface area contributed by atoms with Gasteiger partial charge in [-0.1, -0.05) is 18.9 Å². The van der Waals surface area contributed by atoms with Gasteiger partial charge in [0.15, 0.2) is 0 Å². The van der Waals surface area contributed by atoms with Gasteiger partial charge in [-0.3, -0.25) is 4.79 Å². The van der Waals surface area contributed by atoms with Crippen LogP contribution in [0.2, 0.25) is 0 Å². The van der Waals surface area contributed by atoms with Gasteiger partial charge < -0.3 is 15.3 Å². The Morgan fingerprint density at radius 3 is 2.71 bits per heavy atom. The number of aliphatic hydroxyl groups excluding tert-OH is 1. The Hall–Kier alpha value is -0.870. The molecule has 0 spiro atoms. The molecule has 2 unspecified atom stereocenters. The minimum Gasteiger partial charge on any atom is -0.392 e. The van der Waals surface area contributed by atoms with E-state index in [1.165, 1.54) is 12.8 Å². The van der Waals surface area contributed by atoms with Crippen molar-refractivity contribution in [3.05, 3.63) is 12.7 Å². The molecule has 0 radical (unpaired) electrons. The minimum absolute atomic E-state index is 0.133. The predicted molar refractivity (Wildman–Crippen MR) is 66.6 cm³/mol. The van der Waals surface area contributed by atoms with Crippen LogP contribution in [0.15, 0.2) is 12.7 Å². The van der Waals surface area contributed by atoms with Gasteiger partial charge in [-0.15, -0.1) is 6.58 Å². The normalized spacial score (nSPS) is 29.5. The zero-order valence-electron chi connectivity index (χ0n) is 10.3. The van der Waals surface area contributed by atoms with E-state index in [0.29, 0.717) is 25.6 Å². The summed E-state index contributed by atoms with van der Waals surface area (Å²) in [5.74, 6) is 0.133. The largest absolute Gasteiger partial charge is 0.392 e. The first kappa shape index (κ1) is 12.6. The lowest BCUT2D eigenvalue weighted by molar-refractivity contribution is -0.134. The van der Waals surface area contributed by atoms with Crippen molar-refractivity contribution in [2.45, 2.75) is 50.3 Å². The van der Waals surface area contributed by atoms with Crippen LogP contribution < -0.4 is 5.32 Å². The van der Waals surface area contributed by atoms with Gasteiger partial charge in [0.2, 0.25) is 5.91 Å². The molecule has 0 bridgehead atoms. The van der Waals surface area contributed by atoms with Crippen molar-refractivity contribution < 1.29 is 9.90 Å². The van der Waals surface area contributed by atoms with Gasteiger partial charge in [-0.2, -0.15) is 0 Å². The highest BCUT2D eigenvalue weighted by molar-refractivity contribution is 5.82. The first-order chi connectivity index (χ1) is 8.22. The summed E-state index contributed by atoms with van der Waals surface area (Å²) in [5.41, 5.74) is 0. The number of hydrogen-bond donors (Lipinski definition) is 2. The Kier molecular flexibility index (Phi) is 4.18. The third kappa shape index (κ3) is 2.87. The molecular formula is C13H22N2O2. The zero-order chi connectivity index (χ0) is 12.3. The molecule has 4 heteroatoms. The smallest absolute Gasteiger partial charge is 0.240 e. The summed E-state index contributed by atoms with van der Waals surface area (Å²) in [7, 11) is 0. The van der Waals surface area contributed by atoms with Crippen molar-refractivity contribution >= 4 is 5.91 Å². The molecule has 1 aliphatic heterocycles. The first-order valence-electron chi connectivity index (χ1n) is 6.55. The molecule has 17 heavy (non-hydrogen) atoms. The average Bonchev–Trinajstić information content (AvgIpc) is 2.95. The fourth-order valence-electron chi connectivity index (χ4n) is 2.88. The molecule has 1 aliphatic carbocycles. The molecule has 2 atom stereocenters. The molecular weight excluding hydrogens is 216 g/mol. The number of rotatable bonds is 4. The second-order valence-electron chi connectivity index (χ2n) is 5.07. The molecule has 2 rings (SSSR count). The summed E-state index contributed by atoms with van der Waals surface area (Å²) >= 11 is 0. The summed E-state index contributed by atoms with van der Waals surface area (Å²) in [6.07, 6.45) is 6.60. The summed E-state index contributed by atoms with van der Waals surface area (Å²) in [4.78, 5) is 14.3. The predicted octanol–water partition coefficient (Wildman–Crippen LogP) is 0.666. The summed E-state index contributed by atoms with van der Waals surface area (Å²) < 4.78 is 0. The number of hydrogen-bond acceptors (Lipinski definition) is 3. The molecule has 2 fully saturated rings. The Morgan fingerprint density at radius 1 is 1.47 bits per heavy atom.